The summed E-state index contributed by atoms with van der Waals surface area (Å²) in [5, 5.41) is 0. The molecule has 1 aromatic heterocycles. The van der Waals surface area contributed by atoms with Crippen LogP contribution in [0.2, 0.25) is 0 Å². The second kappa shape index (κ2) is 5.81. The zero-order valence-corrected chi connectivity index (χ0v) is 15.3. The molecule has 0 spiro atoms. The van der Waals surface area contributed by atoms with Crippen LogP contribution < -0.4 is 4.90 Å². The molecule has 4 nitrogen and oxygen atoms in total. The third kappa shape index (κ3) is 2.37. The third-order valence-electron chi connectivity index (χ3n) is 5.31. The number of pyridine rings is 1. The second-order valence-electron chi connectivity index (χ2n) is 7.08. The summed E-state index contributed by atoms with van der Waals surface area (Å²) in [6.07, 6.45) is 3.90. The number of nitrogens with zero attached hydrogens (tertiary/aromatic N) is 3. The van der Waals surface area contributed by atoms with Crippen molar-refractivity contribution in [1.29, 1.82) is 0 Å². The van der Waals surface area contributed by atoms with Crippen molar-refractivity contribution in [3.05, 3.63) is 88.6 Å². The van der Waals surface area contributed by atoms with Crippen molar-refractivity contribution < 1.29 is 4.79 Å². The number of carbonyl (C=O) groups is 1. The lowest BCUT2D eigenvalue weighted by atomic mass is 10.0. The third-order valence-corrected chi connectivity index (χ3v) is 5.31. The topological polar surface area (TPSA) is 36.4 Å². The van der Waals surface area contributed by atoms with Crippen molar-refractivity contribution in [3.63, 3.8) is 0 Å². The Morgan fingerprint density at radius 1 is 1.00 bits per heavy atom. The largest absolute Gasteiger partial charge is 0.321 e. The molecule has 0 atom stereocenters. The Hall–Kier alpha value is -3.40. The van der Waals surface area contributed by atoms with Crippen LogP contribution in [0.1, 0.15) is 32.6 Å². The van der Waals surface area contributed by atoms with Crippen LogP contribution in [0, 0.1) is 6.92 Å². The van der Waals surface area contributed by atoms with E-state index >= 15 is 0 Å². The van der Waals surface area contributed by atoms with Gasteiger partial charge in [-0.05, 0) is 42.8 Å². The fourth-order valence-corrected chi connectivity index (χ4v) is 3.88. The highest BCUT2D eigenvalue weighted by atomic mass is 16.2. The minimum absolute atomic E-state index is 0.0423. The van der Waals surface area contributed by atoms with Gasteiger partial charge in [0.1, 0.15) is 5.82 Å². The Balaban J connectivity index is 1.74. The van der Waals surface area contributed by atoms with E-state index in [0.29, 0.717) is 6.54 Å². The lowest BCUT2D eigenvalue weighted by Gasteiger charge is -2.26. The number of aromatic nitrogens is 1. The summed E-state index contributed by atoms with van der Waals surface area (Å²) in [5.41, 5.74) is 7.17. The minimum Gasteiger partial charge on any atom is -0.321 e. The first kappa shape index (κ1) is 15.8. The lowest BCUT2D eigenvalue weighted by Crippen LogP contribution is -2.19. The zero-order valence-electron chi connectivity index (χ0n) is 15.3. The fourth-order valence-electron chi connectivity index (χ4n) is 3.88. The predicted molar refractivity (Wildman–Crippen MR) is 108 cm³/mol. The minimum atomic E-state index is 0.0423. The highest BCUT2D eigenvalue weighted by Crippen LogP contribution is 2.45. The molecule has 0 fully saturated rings. The lowest BCUT2D eigenvalue weighted by molar-refractivity contribution is 0.0875. The summed E-state index contributed by atoms with van der Waals surface area (Å²) in [7, 11) is 1.84. The fraction of sp³-hybridized carbons (Fsp3) is 0.130. The van der Waals surface area contributed by atoms with E-state index in [1.807, 2.05) is 31.4 Å². The number of amides is 1. The van der Waals surface area contributed by atoms with Gasteiger partial charge in [0.15, 0.2) is 0 Å². The van der Waals surface area contributed by atoms with Crippen LogP contribution in [0.4, 0.5) is 11.5 Å². The van der Waals surface area contributed by atoms with Gasteiger partial charge in [-0.3, -0.25) is 4.79 Å². The number of rotatable bonds is 2. The standard InChI is InChI=1S/C23H19N3O/c1-15-8-10-16(11-9-15)14-26-19-7-3-6-18-21(19)20(25(2)23(18)27)13-17-5-4-12-24-22(17)26/h3-13H,14H2,1-2H3. The molecule has 3 aromatic rings. The van der Waals surface area contributed by atoms with Gasteiger partial charge < -0.3 is 9.80 Å². The molecule has 0 saturated heterocycles. The Kier molecular flexibility index (Phi) is 3.41. The molecular weight excluding hydrogens is 334 g/mol. The summed E-state index contributed by atoms with van der Waals surface area (Å²) in [6.45, 7) is 2.79. The number of hydrogen-bond donors (Lipinski definition) is 0. The van der Waals surface area contributed by atoms with Gasteiger partial charge in [-0.15, -0.1) is 0 Å². The van der Waals surface area contributed by atoms with Gasteiger partial charge in [0.05, 0.1) is 16.9 Å². The maximum absolute atomic E-state index is 12.7. The van der Waals surface area contributed by atoms with Crippen molar-refractivity contribution in [2.45, 2.75) is 13.5 Å². The monoisotopic (exact) mass is 353 g/mol. The molecule has 27 heavy (non-hydrogen) atoms. The van der Waals surface area contributed by atoms with E-state index in [-0.39, 0.29) is 5.91 Å². The van der Waals surface area contributed by atoms with Gasteiger partial charge >= 0.3 is 0 Å². The zero-order chi connectivity index (χ0) is 18.5. The Bertz CT molecular complexity index is 1100. The highest BCUT2D eigenvalue weighted by molar-refractivity contribution is 6.15. The number of hydrogen-bond acceptors (Lipinski definition) is 3. The summed E-state index contributed by atoms with van der Waals surface area (Å²) >= 11 is 0. The molecule has 0 aliphatic carbocycles. The summed E-state index contributed by atoms with van der Waals surface area (Å²) < 4.78 is 0. The van der Waals surface area contributed by atoms with Gasteiger partial charge in [-0.1, -0.05) is 35.9 Å². The molecule has 5 rings (SSSR count). The SMILES string of the molecule is Cc1ccc(CN2c3cccc4c3C(=Cc3cccnc32)N(C)C4=O)cc1. The molecule has 0 bridgehead atoms. The van der Waals surface area contributed by atoms with Gasteiger partial charge in [0, 0.05) is 30.9 Å². The average Bonchev–Trinajstić information content (AvgIpc) is 2.85. The summed E-state index contributed by atoms with van der Waals surface area (Å²) in [5.74, 6) is 0.954. The van der Waals surface area contributed by atoms with E-state index in [4.69, 9.17) is 0 Å². The molecule has 0 radical (unpaired) electrons. The Morgan fingerprint density at radius 3 is 2.63 bits per heavy atom. The summed E-state index contributed by atoms with van der Waals surface area (Å²) in [4.78, 5) is 21.4. The predicted octanol–water partition coefficient (Wildman–Crippen LogP) is 4.63. The number of fused-ring (bicyclic) bond motifs is 1. The van der Waals surface area contributed by atoms with E-state index in [1.165, 1.54) is 11.1 Å². The maximum atomic E-state index is 12.7. The van der Waals surface area contributed by atoms with Crippen LogP contribution >= 0.6 is 0 Å². The number of aryl methyl sites for hydroxylation is 1. The first-order valence-electron chi connectivity index (χ1n) is 9.05. The molecule has 1 amide bonds. The van der Waals surface area contributed by atoms with Gasteiger partial charge in [0.25, 0.3) is 5.91 Å². The molecule has 0 N–H and O–H groups in total. The molecule has 2 aliphatic heterocycles. The van der Waals surface area contributed by atoms with Crippen molar-refractivity contribution >= 4 is 29.2 Å². The van der Waals surface area contributed by atoms with Gasteiger partial charge in [0.2, 0.25) is 0 Å². The Labute approximate surface area is 158 Å². The van der Waals surface area contributed by atoms with Crippen LogP contribution in [0.3, 0.4) is 0 Å². The van der Waals surface area contributed by atoms with Crippen molar-refractivity contribution in [3.8, 4) is 0 Å². The number of anilines is 2. The van der Waals surface area contributed by atoms with Gasteiger partial charge in [-0.25, -0.2) is 4.98 Å². The highest BCUT2D eigenvalue weighted by Gasteiger charge is 2.35. The van der Waals surface area contributed by atoms with Crippen LogP contribution in [0.5, 0.6) is 0 Å². The van der Waals surface area contributed by atoms with E-state index in [2.05, 4.69) is 59.3 Å². The van der Waals surface area contributed by atoms with Crippen LogP contribution in [-0.2, 0) is 6.54 Å². The molecule has 0 saturated carbocycles. The molecule has 2 aromatic carbocycles. The van der Waals surface area contributed by atoms with Crippen LogP contribution in [-0.4, -0.2) is 22.8 Å². The number of benzene rings is 2. The van der Waals surface area contributed by atoms with E-state index in [1.54, 1.807) is 4.90 Å². The van der Waals surface area contributed by atoms with Gasteiger partial charge in [-0.2, -0.15) is 0 Å². The van der Waals surface area contributed by atoms with Crippen molar-refractivity contribution in [2.75, 3.05) is 11.9 Å². The summed E-state index contributed by atoms with van der Waals surface area (Å²) in [6, 6.07) is 18.5. The first-order valence-corrected chi connectivity index (χ1v) is 9.05. The van der Waals surface area contributed by atoms with E-state index < -0.39 is 0 Å². The Morgan fingerprint density at radius 2 is 1.81 bits per heavy atom. The maximum Gasteiger partial charge on any atom is 0.258 e. The first-order chi connectivity index (χ1) is 13.1. The molecular formula is C23H19N3O. The molecule has 2 aliphatic rings. The molecule has 4 heteroatoms. The number of carbonyl (C=O) groups excluding carboxylic acids is 1. The van der Waals surface area contributed by atoms with Crippen molar-refractivity contribution in [1.82, 2.24) is 9.88 Å². The normalized spacial score (nSPS) is 14.6. The van der Waals surface area contributed by atoms with Crippen LogP contribution in [0.15, 0.2) is 60.8 Å². The van der Waals surface area contributed by atoms with Crippen LogP contribution in [0.25, 0.3) is 11.8 Å². The average molecular weight is 353 g/mol. The molecule has 3 heterocycles. The smallest absolute Gasteiger partial charge is 0.258 e. The second-order valence-corrected chi connectivity index (χ2v) is 7.08. The molecule has 0 unspecified atom stereocenters. The van der Waals surface area contributed by atoms with E-state index in [0.717, 1.165) is 33.9 Å². The quantitative estimate of drug-likeness (QED) is 0.674. The molecule has 132 valence electrons. The van der Waals surface area contributed by atoms with Crippen molar-refractivity contribution in [2.24, 2.45) is 0 Å². The van der Waals surface area contributed by atoms with E-state index in [9.17, 15) is 4.79 Å².